The zero-order valence-electron chi connectivity index (χ0n) is 12.5. The molecule has 1 aromatic rings. The molecule has 0 unspecified atom stereocenters. The van der Waals surface area contributed by atoms with Crippen LogP contribution in [0.15, 0.2) is 18.5 Å². The Morgan fingerprint density at radius 2 is 2.05 bits per heavy atom. The number of ether oxygens (including phenoxy) is 1. The molecule has 116 valence electrons. The fraction of sp³-hybridized carbons (Fsp3) is 0.500. The van der Waals surface area contributed by atoms with Gasteiger partial charge in [0.05, 0.1) is 17.4 Å². The predicted octanol–water partition coefficient (Wildman–Crippen LogP) is 2.11. The molecule has 0 aliphatic carbocycles. The molecule has 0 bridgehead atoms. The third-order valence-corrected chi connectivity index (χ3v) is 2.39. The number of anilines is 1. The average molecular weight is 295 g/mol. The van der Waals surface area contributed by atoms with E-state index in [1.807, 2.05) is 0 Å². The van der Waals surface area contributed by atoms with E-state index in [2.05, 4.69) is 15.6 Å². The highest BCUT2D eigenvalue weighted by atomic mass is 16.6. The lowest BCUT2D eigenvalue weighted by molar-refractivity contribution is 0.0527. The Hall–Kier alpha value is -2.31. The number of rotatable bonds is 6. The van der Waals surface area contributed by atoms with Crippen LogP contribution in [-0.2, 0) is 4.74 Å². The summed E-state index contributed by atoms with van der Waals surface area (Å²) >= 11 is 0. The lowest BCUT2D eigenvalue weighted by atomic mass is 10.2. The highest BCUT2D eigenvalue weighted by Gasteiger charge is 2.15. The highest BCUT2D eigenvalue weighted by Crippen LogP contribution is 2.12. The highest BCUT2D eigenvalue weighted by molar-refractivity contribution is 5.93. The van der Waals surface area contributed by atoms with E-state index in [-0.39, 0.29) is 5.56 Å². The number of nitrogens with one attached hydrogen (secondary N) is 2. The predicted molar refractivity (Wildman–Crippen MR) is 78.5 cm³/mol. The van der Waals surface area contributed by atoms with Crippen LogP contribution in [0.1, 0.15) is 37.6 Å². The fourth-order valence-electron chi connectivity index (χ4n) is 1.54. The van der Waals surface area contributed by atoms with Gasteiger partial charge < -0.3 is 20.5 Å². The monoisotopic (exact) mass is 295 g/mol. The Morgan fingerprint density at radius 1 is 1.33 bits per heavy atom. The molecule has 3 N–H and O–H groups in total. The van der Waals surface area contributed by atoms with Gasteiger partial charge in [-0.1, -0.05) is 0 Å². The summed E-state index contributed by atoms with van der Waals surface area (Å²) in [6.45, 7) is 6.34. The van der Waals surface area contributed by atoms with E-state index in [0.29, 0.717) is 25.2 Å². The minimum absolute atomic E-state index is 0.171. The largest absolute Gasteiger partial charge is 0.478 e. The summed E-state index contributed by atoms with van der Waals surface area (Å²) in [6, 6.07) is 1.43. The zero-order chi connectivity index (χ0) is 15.9. The summed E-state index contributed by atoms with van der Waals surface area (Å²) in [7, 11) is 0. The van der Waals surface area contributed by atoms with Crippen molar-refractivity contribution in [1.82, 2.24) is 10.3 Å². The minimum Gasteiger partial charge on any atom is -0.478 e. The molecule has 0 aliphatic rings. The number of hydrogen-bond acceptors (Lipinski definition) is 5. The molecule has 1 aromatic heterocycles. The minimum atomic E-state index is -1.01. The SMILES string of the molecule is CC(C)(C)OC(=O)NCCCNc1cnccc1C(=O)O. The number of aromatic nitrogens is 1. The number of carbonyl (C=O) groups excluding carboxylic acids is 1. The van der Waals surface area contributed by atoms with Gasteiger partial charge in [-0.3, -0.25) is 4.98 Å². The van der Waals surface area contributed by atoms with Crippen LogP contribution in [0.25, 0.3) is 0 Å². The van der Waals surface area contributed by atoms with E-state index in [0.717, 1.165) is 0 Å². The van der Waals surface area contributed by atoms with Crippen molar-refractivity contribution in [2.75, 3.05) is 18.4 Å². The number of nitrogens with zero attached hydrogens (tertiary/aromatic N) is 1. The summed E-state index contributed by atoms with van der Waals surface area (Å²) < 4.78 is 5.09. The molecule has 7 heteroatoms. The number of alkyl carbamates (subject to hydrolysis) is 1. The summed E-state index contributed by atoms with van der Waals surface area (Å²) in [5.41, 5.74) is 0.112. The van der Waals surface area contributed by atoms with Crippen LogP contribution in [0.4, 0.5) is 10.5 Å². The molecule has 0 atom stereocenters. The molecule has 0 aliphatic heterocycles. The van der Waals surface area contributed by atoms with Gasteiger partial charge in [0.25, 0.3) is 0 Å². The average Bonchev–Trinajstić information content (AvgIpc) is 2.36. The Labute approximate surface area is 123 Å². The second kappa shape index (κ2) is 7.47. The summed E-state index contributed by atoms with van der Waals surface area (Å²) in [5, 5.41) is 14.6. The Morgan fingerprint density at radius 3 is 2.67 bits per heavy atom. The van der Waals surface area contributed by atoms with Crippen molar-refractivity contribution in [3.05, 3.63) is 24.0 Å². The van der Waals surface area contributed by atoms with E-state index >= 15 is 0 Å². The molecule has 21 heavy (non-hydrogen) atoms. The second-order valence-electron chi connectivity index (χ2n) is 5.44. The Kier molecular flexibility index (Phi) is 5.95. The first-order valence-corrected chi connectivity index (χ1v) is 6.67. The van der Waals surface area contributed by atoms with Gasteiger partial charge in [-0.05, 0) is 33.3 Å². The molecular formula is C14H21N3O4. The first-order valence-electron chi connectivity index (χ1n) is 6.67. The maximum atomic E-state index is 11.4. The van der Waals surface area contributed by atoms with Crippen molar-refractivity contribution in [2.45, 2.75) is 32.8 Å². The zero-order valence-corrected chi connectivity index (χ0v) is 12.5. The maximum absolute atomic E-state index is 11.4. The Bertz CT molecular complexity index is 497. The molecule has 0 saturated heterocycles. The van der Waals surface area contributed by atoms with Crippen LogP contribution in [0.2, 0.25) is 0 Å². The van der Waals surface area contributed by atoms with Crippen molar-refractivity contribution in [2.24, 2.45) is 0 Å². The van der Waals surface area contributed by atoms with Gasteiger partial charge in [-0.2, -0.15) is 0 Å². The first kappa shape index (κ1) is 16.7. The molecule has 7 nitrogen and oxygen atoms in total. The van der Waals surface area contributed by atoms with Gasteiger partial charge in [-0.25, -0.2) is 9.59 Å². The van der Waals surface area contributed by atoms with Crippen LogP contribution < -0.4 is 10.6 Å². The van der Waals surface area contributed by atoms with E-state index in [1.54, 1.807) is 20.8 Å². The summed E-state index contributed by atoms with van der Waals surface area (Å²) in [6.07, 6.45) is 3.06. The summed E-state index contributed by atoms with van der Waals surface area (Å²) in [5.74, 6) is -1.01. The lowest BCUT2D eigenvalue weighted by Crippen LogP contribution is -2.33. The van der Waals surface area contributed by atoms with Gasteiger partial charge in [0.1, 0.15) is 5.60 Å². The lowest BCUT2D eigenvalue weighted by Gasteiger charge is -2.19. The molecule has 0 aromatic carbocycles. The van der Waals surface area contributed by atoms with Crippen molar-refractivity contribution in [3.63, 3.8) is 0 Å². The van der Waals surface area contributed by atoms with E-state index < -0.39 is 17.7 Å². The van der Waals surface area contributed by atoms with Gasteiger partial charge in [0.2, 0.25) is 0 Å². The molecular weight excluding hydrogens is 274 g/mol. The summed E-state index contributed by atoms with van der Waals surface area (Å²) in [4.78, 5) is 26.3. The molecule has 0 radical (unpaired) electrons. The molecule has 0 saturated carbocycles. The van der Waals surface area contributed by atoms with E-state index in [4.69, 9.17) is 9.84 Å². The normalized spacial score (nSPS) is 10.8. The number of carboxylic acid groups (broad SMARTS) is 1. The van der Waals surface area contributed by atoms with Crippen LogP contribution in [0.5, 0.6) is 0 Å². The van der Waals surface area contributed by atoms with Crippen LogP contribution in [0, 0.1) is 0 Å². The maximum Gasteiger partial charge on any atom is 0.407 e. The third-order valence-electron chi connectivity index (χ3n) is 2.39. The smallest absolute Gasteiger partial charge is 0.407 e. The van der Waals surface area contributed by atoms with Crippen molar-refractivity contribution in [3.8, 4) is 0 Å². The number of pyridine rings is 1. The van der Waals surface area contributed by atoms with Crippen LogP contribution >= 0.6 is 0 Å². The fourth-order valence-corrected chi connectivity index (χ4v) is 1.54. The van der Waals surface area contributed by atoms with E-state index in [9.17, 15) is 9.59 Å². The molecule has 1 rings (SSSR count). The Balaban J connectivity index is 2.29. The number of aromatic carboxylic acids is 1. The van der Waals surface area contributed by atoms with Crippen LogP contribution in [-0.4, -0.2) is 40.8 Å². The quantitative estimate of drug-likeness (QED) is 0.695. The molecule has 1 amide bonds. The van der Waals surface area contributed by atoms with Crippen molar-refractivity contribution in [1.29, 1.82) is 0 Å². The van der Waals surface area contributed by atoms with Gasteiger partial charge >= 0.3 is 12.1 Å². The molecule has 1 heterocycles. The van der Waals surface area contributed by atoms with Crippen LogP contribution in [0.3, 0.4) is 0 Å². The van der Waals surface area contributed by atoms with E-state index in [1.165, 1.54) is 18.5 Å². The topological polar surface area (TPSA) is 101 Å². The molecule has 0 fully saturated rings. The number of carboxylic acids is 1. The van der Waals surface area contributed by atoms with Gasteiger partial charge in [0.15, 0.2) is 0 Å². The molecule has 0 spiro atoms. The van der Waals surface area contributed by atoms with Gasteiger partial charge in [-0.15, -0.1) is 0 Å². The standard InChI is InChI=1S/C14H21N3O4/c1-14(2,3)21-13(20)17-7-4-6-16-11-9-15-8-5-10(11)12(18)19/h5,8-9,16H,4,6-7H2,1-3H3,(H,17,20)(H,18,19). The third kappa shape index (κ3) is 6.60. The first-order chi connectivity index (χ1) is 9.79. The number of hydrogen-bond donors (Lipinski definition) is 3. The number of carbonyl (C=O) groups is 2. The second-order valence-corrected chi connectivity index (χ2v) is 5.44. The van der Waals surface area contributed by atoms with Gasteiger partial charge in [0, 0.05) is 19.3 Å². The van der Waals surface area contributed by atoms with Crippen molar-refractivity contribution >= 4 is 17.7 Å². The number of amides is 1. The van der Waals surface area contributed by atoms with Crippen molar-refractivity contribution < 1.29 is 19.4 Å².